The second kappa shape index (κ2) is 8.56. The van der Waals surface area contributed by atoms with Gasteiger partial charge < -0.3 is 15.0 Å². The van der Waals surface area contributed by atoms with Crippen molar-refractivity contribution in [1.82, 2.24) is 10.2 Å². The monoisotopic (exact) mass is 338 g/mol. The Balaban J connectivity index is 1.36. The fourth-order valence-electron chi connectivity index (χ4n) is 3.12. The van der Waals surface area contributed by atoms with Gasteiger partial charge in [0.25, 0.3) is 0 Å². The number of carbonyl (C=O) groups excluding carboxylic acids is 1. The summed E-state index contributed by atoms with van der Waals surface area (Å²) >= 11 is 0. The second-order valence-electron chi connectivity index (χ2n) is 6.70. The van der Waals surface area contributed by atoms with Crippen LogP contribution in [0.4, 0.5) is 4.79 Å². The van der Waals surface area contributed by atoms with Crippen LogP contribution in [0.1, 0.15) is 24.0 Å². The molecule has 2 aromatic rings. The Hall–Kier alpha value is -2.49. The SMILES string of the molecule is Cc1ccc(OCCC2CCN(C(=O)NCc3ccccc3)C2)cc1. The highest BCUT2D eigenvalue weighted by Crippen LogP contribution is 2.20. The van der Waals surface area contributed by atoms with Crippen molar-refractivity contribution in [2.75, 3.05) is 19.7 Å². The van der Waals surface area contributed by atoms with Gasteiger partial charge in [-0.1, -0.05) is 48.0 Å². The van der Waals surface area contributed by atoms with Crippen molar-refractivity contribution in [3.63, 3.8) is 0 Å². The van der Waals surface area contributed by atoms with Crippen LogP contribution in [0.15, 0.2) is 54.6 Å². The molecule has 1 unspecified atom stereocenters. The second-order valence-corrected chi connectivity index (χ2v) is 6.70. The minimum atomic E-state index is 0.0332. The van der Waals surface area contributed by atoms with Gasteiger partial charge in [0, 0.05) is 19.6 Å². The number of benzene rings is 2. The van der Waals surface area contributed by atoms with E-state index in [2.05, 4.69) is 24.4 Å². The summed E-state index contributed by atoms with van der Waals surface area (Å²) in [6.45, 7) is 5.00. The molecule has 0 aliphatic carbocycles. The maximum absolute atomic E-state index is 12.3. The molecule has 1 fully saturated rings. The zero-order chi connectivity index (χ0) is 17.5. The predicted molar refractivity (Wildman–Crippen MR) is 99.6 cm³/mol. The Morgan fingerprint density at radius 1 is 1.16 bits per heavy atom. The summed E-state index contributed by atoms with van der Waals surface area (Å²) in [5.74, 6) is 1.44. The maximum Gasteiger partial charge on any atom is 0.317 e. The van der Waals surface area contributed by atoms with Crippen LogP contribution in [-0.4, -0.2) is 30.6 Å². The Labute approximate surface area is 149 Å². The van der Waals surface area contributed by atoms with Crippen molar-refractivity contribution in [3.8, 4) is 5.75 Å². The molecule has 2 aromatic carbocycles. The third kappa shape index (κ3) is 5.24. The molecule has 132 valence electrons. The Kier molecular flexibility index (Phi) is 5.94. The number of ether oxygens (including phenoxy) is 1. The average Bonchev–Trinajstić information content (AvgIpc) is 3.11. The summed E-state index contributed by atoms with van der Waals surface area (Å²) in [6, 6.07) is 18.2. The summed E-state index contributed by atoms with van der Waals surface area (Å²) in [7, 11) is 0. The molecule has 25 heavy (non-hydrogen) atoms. The number of nitrogens with one attached hydrogen (secondary N) is 1. The minimum absolute atomic E-state index is 0.0332. The lowest BCUT2D eigenvalue weighted by atomic mass is 10.1. The Bertz CT molecular complexity index is 670. The minimum Gasteiger partial charge on any atom is -0.494 e. The molecule has 1 N–H and O–H groups in total. The molecule has 4 nitrogen and oxygen atoms in total. The Morgan fingerprint density at radius 3 is 2.68 bits per heavy atom. The average molecular weight is 338 g/mol. The molecule has 4 heteroatoms. The first-order chi connectivity index (χ1) is 12.2. The van der Waals surface area contributed by atoms with Gasteiger partial charge in [0.2, 0.25) is 0 Å². The Morgan fingerprint density at radius 2 is 1.92 bits per heavy atom. The molecular weight excluding hydrogens is 312 g/mol. The molecule has 0 saturated carbocycles. The standard InChI is InChI=1S/C21H26N2O2/c1-17-7-9-20(10-8-17)25-14-12-19-11-13-23(16-19)21(24)22-15-18-5-3-2-4-6-18/h2-10,19H,11-16H2,1H3,(H,22,24). The quantitative estimate of drug-likeness (QED) is 0.865. The number of rotatable bonds is 6. The highest BCUT2D eigenvalue weighted by Gasteiger charge is 2.25. The number of nitrogens with zero attached hydrogens (tertiary/aromatic N) is 1. The molecule has 0 aromatic heterocycles. The fourth-order valence-corrected chi connectivity index (χ4v) is 3.12. The molecule has 1 heterocycles. The van der Waals surface area contributed by atoms with Gasteiger partial charge in [-0.3, -0.25) is 0 Å². The summed E-state index contributed by atoms with van der Waals surface area (Å²) in [6.07, 6.45) is 2.03. The van der Waals surface area contributed by atoms with Crippen molar-refractivity contribution in [2.24, 2.45) is 5.92 Å². The highest BCUT2D eigenvalue weighted by atomic mass is 16.5. The van der Waals surface area contributed by atoms with Crippen molar-refractivity contribution >= 4 is 6.03 Å². The van der Waals surface area contributed by atoms with E-state index in [4.69, 9.17) is 4.74 Å². The van der Waals surface area contributed by atoms with Crippen molar-refractivity contribution in [2.45, 2.75) is 26.3 Å². The molecule has 0 spiro atoms. The van der Waals surface area contributed by atoms with Crippen molar-refractivity contribution < 1.29 is 9.53 Å². The molecule has 3 rings (SSSR count). The van der Waals surface area contributed by atoms with E-state index >= 15 is 0 Å². The molecular formula is C21H26N2O2. The van der Waals surface area contributed by atoms with Crippen LogP contribution < -0.4 is 10.1 Å². The van der Waals surface area contributed by atoms with Gasteiger partial charge in [-0.25, -0.2) is 4.79 Å². The van der Waals surface area contributed by atoms with E-state index in [-0.39, 0.29) is 6.03 Å². The third-order valence-corrected chi connectivity index (χ3v) is 4.68. The largest absolute Gasteiger partial charge is 0.494 e. The third-order valence-electron chi connectivity index (χ3n) is 4.68. The first-order valence-electron chi connectivity index (χ1n) is 8.97. The summed E-state index contributed by atoms with van der Waals surface area (Å²) < 4.78 is 5.80. The maximum atomic E-state index is 12.3. The number of aryl methyl sites for hydroxylation is 1. The number of hydrogen-bond acceptors (Lipinski definition) is 2. The lowest BCUT2D eigenvalue weighted by Crippen LogP contribution is -2.38. The number of carbonyl (C=O) groups is 1. The van der Waals surface area contributed by atoms with Gasteiger partial charge in [0.15, 0.2) is 0 Å². The first-order valence-corrected chi connectivity index (χ1v) is 8.97. The molecule has 1 atom stereocenters. The van der Waals surface area contributed by atoms with Crippen LogP contribution >= 0.6 is 0 Å². The number of hydrogen-bond donors (Lipinski definition) is 1. The lowest BCUT2D eigenvalue weighted by Gasteiger charge is -2.17. The van der Waals surface area contributed by atoms with E-state index in [9.17, 15) is 4.79 Å². The molecule has 0 radical (unpaired) electrons. The summed E-state index contributed by atoms with van der Waals surface area (Å²) in [5.41, 5.74) is 2.36. The van der Waals surface area contributed by atoms with E-state index < -0.39 is 0 Å². The summed E-state index contributed by atoms with van der Waals surface area (Å²) in [4.78, 5) is 14.2. The van der Waals surface area contributed by atoms with Crippen LogP contribution in [-0.2, 0) is 6.54 Å². The van der Waals surface area contributed by atoms with E-state index in [1.807, 2.05) is 47.4 Å². The predicted octanol–water partition coefficient (Wildman–Crippen LogP) is 4.00. The zero-order valence-electron chi connectivity index (χ0n) is 14.8. The van der Waals surface area contributed by atoms with Crippen molar-refractivity contribution in [1.29, 1.82) is 0 Å². The normalized spacial score (nSPS) is 16.7. The lowest BCUT2D eigenvalue weighted by molar-refractivity contribution is 0.204. The van der Waals surface area contributed by atoms with Gasteiger partial charge >= 0.3 is 6.03 Å². The topological polar surface area (TPSA) is 41.6 Å². The first kappa shape index (κ1) is 17.3. The zero-order valence-corrected chi connectivity index (χ0v) is 14.8. The van der Waals surface area contributed by atoms with Crippen LogP contribution in [0.3, 0.4) is 0 Å². The van der Waals surface area contributed by atoms with Gasteiger partial charge in [-0.05, 0) is 43.4 Å². The van der Waals surface area contributed by atoms with Gasteiger partial charge in [0.1, 0.15) is 5.75 Å². The summed E-state index contributed by atoms with van der Waals surface area (Å²) in [5, 5.41) is 3.00. The van der Waals surface area contributed by atoms with Crippen LogP contribution in [0, 0.1) is 12.8 Å². The number of amides is 2. The fraction of sp³-hybridized carbons (Fsp3) is 0.381. The highest BCUT2D eigenvalue weighted by molar-refractivity contribution is 5.74. The van der Waals surface area contributed by atoms with E-state index in [0.29, 0.717) is 19.1 Å². The van der Waals surface area contributed by atoms with Gasteiger partial charge in [-0.15, -0.1) is 0 Å². The molecule has 2 amide bonds. The van der Waals surface area contributed by atoms with Crippen molar-refractivity contribution in [3.05, 3.63) is 65.7 Å². The smallest absolute Gasteiger partial charge is 0.317 e. The molecule has 0 bridgehead atoms. The van der Waals surface area contributed by atoms with E-state index in [0.717, 1.165) is 37.2 Å². The molecule has 1 aliphatic rings. The van der Waals surface area contributed by atoms with Crippen LogP contribution in [0.2, 0.25) is 0 Å². The van der Waals surface area contributed by atoms with E-state index in [1.165, 1.54) is 5.56 Å². The van der Waals surface area contributed by atoms with Crippen LogP contribution in [0.5, 0.6) is 5.75 Å². The molecule has 1 aliphatic heterocycles. The van der Waals surface area contributed by atoms with Crippen LogP contribution in [0.25, 0.3) is 0 Å². The van der Waals surface area contributed by atoms with Gasteiger partial charge in [0.05, 0.1) is 6.61 Å². The van der Waals surface area contributed by atoms with E-state index in [1.54, 1.807) is 0 Å². The molecule has 1 saturated heterocycles. The number of urea groups is 1. The number of likely N-dealkylation sites (tertiary alicyclic amines) is 1. The van der Waals surface area contributed by atoms with Gasteiger partial charge in [-0.2, -0.15) is 0 Å².